The van der Waals surface area contributed by atoms with Crippen molar-refractivity contribution in [3.63, 3.8) is 0 Å². The highest BCUT2D eigenvalue weighted by Crippen LogP contribution is 2.39. The second kappa shape index (κ2) is 9.34. The molecule has 0 spiro atoms. The van der Waals surface area contributed by atoms with Gasteiger partial charge in [-0.25, -0.2) is 0 Å². The van der Waals surface area contributed by atoms with Crippen molar-refractivity contribution in [2.24, 2.45) is 5.92 Å². The molecule has 3 rings (SSSR count). The van der Waals surface area contributed by atoms with Crippen molar-refractivity contribution in [3.8, 4) is 5.75 Å². The summed E-state index contributed by atoms with van der Waals surface area (Å²) < 4.78 is 10.8. The van der Waals surface area contributed by atoms with Gasteiger partial charge in [0.15, 0.2) is 5.78 Å². The first kappa shape index (κ1) is 20.6. The standard InChI is InChI=1S/C22H30N2O4/c1-16-15-18(25)20(22(26)24(16)13-14-27-2)21(23-11-7-4-8-12-23)17-9-5-6-10-19(17)28-3/h5-6,9-10,15,20-21H,4,7-8,11-14H2,1-3H3. The molecule has 6 heteroatoms. The number of nitrogens with zero attached hydrogens (tertiary/aromatic N) is 2. The van der Waals surface area contributed by atoms with E-state index in [1.165, 1.54) is 6.42 Å². The van der Waals surface area contributed by atoms with Crippen LogP contribution in [0, 0.1) is 5.92 Å². The van der Waals surface area contributed by atoms with Gasteiger partial charge in [-0.2, -0.15) is 0 Å². The van der Waals surface area contributed by atoms with Crippen molar-refractivity contribution in [3.05, 3.63) is 41.6 Å². The van der Waals surface area contributed by atoms with E-state index in [1.807, 2.05) is 24.3 Å². The Bertz CT molecular complexity index is 740. The number of hydrogen-bond donors (Lipinski definition) is 0. The highest BCUT2D eigenvalue weighted by Gasteiger charge is 2.44. The third-order valence-corrected chi connectivity index (χ3v) is 5.69. The molecule has 0 saturated carbocycles. The van der Waals surface area contributed by atoms with E-state index in [0.29, 0.717) is 24.6 Å². The SMILES string of the molecule is COCCN1C(=O)C(C(c2ccccc2OC)N2CCCCC2)C(=O)C=C1C. The Morgan fingerprint density at radius 3 is 2.50 bits per heavy atom. The molecule has 0 aliphatic carbocycles. The molecule has 2 aliphatic rings. The summed E-state index contributed by atoms with van der Waals surface area (Å²) in [6, 6.07) is 7.40. The van der Waals surface area contributed by atoms with E-state index in [4.69, 9.17) is 9.47 Å². The Morgan fingerprint density at radius 1 is 1.11 bits per heavy atom. The molecule has 2 atom stereocenters. The zero-order valence-corrected chi connectivity index (χ0v) is 17.0. The van der Waals surface area contributed by atoms with Gasteiger partial charge in [-0.15, -0.1) is 0 Å². The van der Waals surface area contributed by atoms with Gasteiger partial charge in [0.2, 0.25) is 5.91 Å². The number of likely N-dealkylation sites (tertiary alicyclic amines) is 1. The minimum atomic E-state index is -0.769. The van der Waals surface area contributed by atoms with Crippen LogP contribution in [-0.4, -0.2) is 62.0 Å². The first-order valence-electron chi connectivity index (χ1n) is 9.98. The van der Waals surface area contributed by atoms with Gasteiger partial charge in [0.1, 0.15) is 11.7 Å². The largest absolute Gasteiger partial charge is 0.496 e. The normalized spacial score (nSPS) is 22.2. The molecule has 6 nitrogen and oxygen atoms in total. The Morgan fingerprint density at radius 2 is 1.82 bits per heavy atom. The lowest BCUT2D eigenvalue weighted by atomic mass is 9.83. The number of benzene rings is 1. The first-order valence-corrected chi connectivity index (χ1v) is 9.98. The molecule has 2 aliphatic heterocycles. The van der Waals surface area contributed by atoms with Crippen LogP contribution in [0.5, 0.6) is 5.75 Å². The van der Waals surface area contributed by atoms with Crippen LogP contribution in [-0.2, 0) is 14.3 Å². The molecule has 0 aromatic heterocycles. The van der Waals surface area contributed by atoms with Crippen LogP contribution in [0.2, 0.25) is 0 Å². The molecule has 2 heterocycles. The predicted octanol–water partition coefficient (Wildman–Crippen LogP) is 2.80. The molecule has 28 heavy (non-hydrogen) atoms. The summed E-state index contributed by atoms with van der Waals surface area (Å²) >= 11 is 0. The molecule has 2 unspecified atom stereocenters. The molecule has 1 aromatic carbocycles. The average molecular weight is 386 g/mol. The average Bonchev–Trinajstić information content (AvgIpc) is 2.71. The van der Waals surface area contributed by atoms with Crippen molar-refractivity contribution < 1.29 is 19.1 Å². The summed E-state index contributed by atoms with van der Waals surface area (Å²) in [4.78, 5) is 30.5. The summed E-state index contributed by atoms with van der Waals surface area (Å²) in [5.74, 6) is -0.329. The fourth-order valence-corrected chi connectivity index (χ4v) is 4.29. The monoisotopic (exact) mass is 386 g/mol. The number of rotatable bonds is 7. The van der Waals surface area contributed by atoms with Gasteiger partial charge in [-0.05, 0) is 38.9 Å². The topological polar surface area (TPSA) is 59.1 Å². The summed E-state index contributed by atoms with van der Waals surface area (Å²) in [6.45, 7) is 4.43. The lowest BCUT2D eigenvalue weighted by Gasteiger charge is -2.41. The van der Waals surface area contributed by atoms with Gasteiger partial charge in [0.05, 0.1) is 19.8 Å². The Kier molecular flexibility index (Phi) is 6.86. The van der Waals surface area contributed by atoms with Gasteiger partial charge < -0.3 is 14.4 Å². The smallest absolute Gasteiger partial charge is 0.239 e. The number of ether oxygens (including phenoxy) is 2. The number of amides is 1. The maximum absolute atomic E-state index is 13.5. The molecule has 1 aromatic rings. The summed E-state index contributed by atoms with van der Waals surface area (Å²) in [6.07, 6.45) is 4.93. The molecule has 1 fully saturated rings. The van der Waals surface area contributed by atoms with E-state index in [-0.39, 0.29) is 17.7 Å². The number of ketones is 1. The van der Waals surface area contributed by atoms with E-state index in [9.17, 15) is 9.59 Å². The zero-order chi connectivity index (χ0) is 20.1. The van der Waals surface area contributed by atoms with Gasteiger partial charge in [-0.1, -0.05) is 24.6 Å². The molecular formula is C22H30N2O4. The maximum atomic E-state index is 13.5. The highest BCUT2D eigenvalue weighted by atomic mass is 16.5. The molecule has 0 radical (unpaired) electrons. The number of allylic oxidation sites excluding steroid dienone is 2. The Balaban J connectivity index is 2.03. The second-order valence-corrected chi connectivity index (χ2v) is 7.43. The van der Waals surface area contributed by atoms with Crippen molar-refractivity contribution in [2.75, 3.05) is 40.5 Å². The number of piperidine rings is 1. The maximum Gasteiger partial charge on any atom is 0.239 e. The molecule has 0 bridgehead atoms. The van der Waals surface area contributed by atoms with Gasteiger partial charge in [0, 0.05) is 31.0 Å². The predicted molar refractivity (Wildman–Crippen MR) is 107 cm³/mol. The van der Waals surface area contributed by atoms with E-state index in [2.05, 4.69) is 4.90 Å². The fourth-order valence-electron chi connectivity index (χ4n) is 4.29. The number of carbonyl (C=O) groups excluding carboxylic acids is 2. The summed E-state index contributed by atoms with van der Waals surface area (Å²) in [5.41, 5.74) is 1.58. The highest BCUT2D eigenvalue weighted by molar-refractivity contribution is 6.10. The van der Waals surface area contributed by atoms with E-state index in [0.717, 1.165) is 31.5 Å². The zero-order valence-electron chi connectivity index (χ0n) is 17.0. The van der Waals surface area contributed by atoms with Gasteiger partial charge in [-0.3, -0.25) is 14.5 Å². The van der Waals surface area contributed by atoms with Gasteiger partial charge in [0.25, 0.3) is 0 Å². The quantitative estimate of drug-likeness (QED) is 0.675. The van der Waals surface area contributed by atoms with Crippen molar-refractivity contribution in [1.82, 2.24) is 9.80 Å². The van der Waals surface area contributed by atoms with E-state index in [1.54, 1.807) is 32.1 Å². The van der Waals surface area contributed by atoms with Crippen LogP contribution in [0.1, 0.15) is 37.8 Å². The minimum Gasteiger partial charge on any atom is -0.496 e. The molecule has 1 amide bonds. The van der Waals surface area contributed by atoms with Crippen LogP contribution in [0.3, 0.4) is 0 Å². The number of carbonyl (C=O) groups is 2. The number of hydrogen-bond acceptors (Lipinski definition) is 5. The van der Waals surface area contributed by atoms with Crippen LogP contribution in [0.25, 0.3) is 0 Å². The second-order valence-electron chi connectivity index (χ2n) is 7.43. The van der Waals surface area contributed by atoms with Gasteiger partial charge >= 0.3 is 0 Å². The van der Waals surface area contributed by atoms with Crippen LogP contribution in [0.4, 0.5) is 0 Å². The molecule has 0 N–H and O–H groups in total. The summed E-state index contributed by atoms with van der Waals surface area (Å²) in [5, 5.41) is 0. The molecular weight excluding hydrogens is 356 g/mol. The molecule has 1 saturated heterocycles. The van der Waals surface area contributed by atoms with Crippen molar-refractivity contribution in [1.29, 1.82) is 0 Å². The number of methoxy groups -OCH3 is 2. The molecule has 152 valence electrons. The first-order chi connectivity index (χ1) is 13.6. The van der Waals surface area contributed by atoms with Crippen molar-refractivity contribution >= 4 is 11.7 Å². The number of para-hydroxylation sites is 1. The fraction of sp³-hybridized carbons (Fsp3) is 0.545. The third-order valence-electron chi connectivity index (χ3n) is 5.69. The minimum absolute atomic E-state index is 0.127. The lowest BCUT2D eigenvalue weighted by molar-refractivity contribution is -0.143. The summed E-state index contributed by atoms with van der Waals surface area (Å²) in [7, 11) is 3.24. The van der Waals surface area contributed by atoms with Crippen LogP contribution >= 0.6 is 0 Å². The van der Waals surface area contributed by atoms with E-state index < -0.39 is 5.92 Å². The van der Waals surface area contributed by atoms with Crippen molar-refractivity contribution in [2.45, 2.75) is 32.2 Å². The Hall–Kier alpha value is -2.18. The van der Waals surface area contributed by atoms with Crippen LogP contribution < -0.4 is 4.74 Å². The van der Waals surface area contributed by atoms with Crippen LogP contribution in [0.15, 0.2) is 36.0 Å². The van der Waals surface area contributed by atoms with E-state index >= 15 is 0 Å². The third kappa shape index (κ3) is 4.13. The lowest BCUT2D eigenvalue weighted by Crippen LogP contribution is -2.50. The Labute approximate surface area is 167 Å².